The standard InChI is InChI=1S/C17H32O4S/c1-2-3-9-12-16(15-22(20)21)13-10-7-5-4-6-8-11-14-17(18)19/h10,13,16,22H,2-9,11-12,14-15H2,1H3,(H,18,19)/b13-10+. The molecular formula is C17H32O4S. The molecule has 0 amide bonds. The minimum Gasteiger partial charge on any atom is -0.481 e. The van der Waals surface area contributed by atoms with Crippen LogP contribution in [0.5, 0.6) is 0 Å². The van der Waals surface area contributed by atoms with Gasteiger partial charge in [0.05, 0.1) is 5.75 Å². The average molecular weight is 333 g/mol. The predicted molar refractivity (Wildman–Crippen MR) is 91.9 cm³/mol. The number of allylic oxidation sites excluding steroid dienone is 2. The summed E-state index contributed by atoms with van der Waals surface area (Å²) < 4.78 is 21.8. The molecule has 0 aromatic heterocycles. The van der Waals surface area contributed by atoms with Crippen molar-refractivity contribution in [2.24, 2.45) is 5.92 Å². The fraction of sp³-hybridized carbons (Fsp3) is 0.824. The fourth-order valence-corrected chi connectivity index (χ4v) is 3.14. The molecule has 0 aromatic carbocycles. The van der Waals surface area contributed by atoms with Gasteiger partial charge in [0.1, 0.15) is 10.7 Å². The predicted octanol–water partition coefficient (Wildman–Crippen LogP) is 4.17. The summed E-state index contributed by atoms with van der Waals surface area (Å²) in [4.78, 5) is 10.4. The largest absolute Gasteiger partial charge is 0.481 e. The topological polar surface area (TPSA) is 71.4 Å². The summed E-state index contributed by atoms with van der Waals surface area (Å²) in [5.74, 6) is -0.276. The second-order valence-corrected chi connectivity index (χ2v) is 6.93. The highest BCUT2D eigenvalue weighted by Crippen LogP contribution is 2.13. The Morgan fingerprint density at radius 1 is 1.05 bits per heavy atom. The highest BCUT2D eigenvalue weighted by atomic mass is 32.2. The van der Waals surface area contributed by atoms with Gasteiger partial charge in [0.15, 0.2) is 0 Å². The number of hydrogen-bond acceptors (Lipinski definition) is 3. The van der Waals surface area contributed by atoms with Crippen LogP contribution in [0.4, 0.5) is 0 Å². The van der Waals surface area contributed by atoms with Crippen LogP contribution in [0.2, 0.25) is 0 Å². The van der Waals surface area contributed by atoms with Crippen molar-refractivity contribution in [3.8, 4) is 0 Å². The highest BCUT2D eigenvalue weighted by Gasteiger charge is 2.05. The molecule has 1 unspecified atom stereocenters. The first-order chi connectivity index (χ1) is 10.6. The van der Waals surface area contributed by atoms with Gasteiger partial charge in [0, 0.05) is 6.42 Å². The molecule has 0 bridgehead atoms. The summed E-state index contributed by atoms with van der Waals surface area (Å²) in [7, 11) is -2.30. The summed E-state index contributed by atoms with van der Waals surface area (Å²) in [6.07, 6.45) is 14.8. The van der Waals surface area contributed by atoms with E-state index in [-0.39, 0.29) is 18.1 Å². The van der Waals surface area contributed by atoms with E-state index >= 15 is 0 Å². The smallest absolute Gasteiger partial charge is 0.303 e. The molecule has 0 aliphatic carbocycles. The molecule has 0 fully saturated rings. The van der Waals surface area contributed by atoms with Gasteiger partial charge in [-0.05, 0) is 31.6 Å². The van der Waals surface area contributed by atoms with Crippen LogP contribution in [0.15, 0.2) is 12.2 Å². The number of thiol groups is 1. The Labute approximate surface area is 137 Å². The van der Waals surface area contributed by atoms with E-state index in [1.165, 1.54) is 0 Å². The van der Waals surface area contributed by atoms with Gasteiger partial charge in [0.25, 0.3) is 0 Å². The molecule has 22 heavy (non-hydrogen) atoms. The van der Waals surface area contributed by atoms with Crippen molar-refractivity contribution in [2.75, 3.05) is 5.75 Å². The van der Waals surface area contributed by atoms with Gasteiger partial charge in [-0.25, -0.2) is 8.42 Å². The Kier molecular flexibility index (Phi) is 14.5. The second-order valence-electron chi connectivity index (χ2n) is 5.90. The molecular weight excluding hydrogens is 300 g/mol. The van der Waals surface area contributed by atoms with E-state index in [1.807, 2.05) is 0 Å². The average Bonchev–Trinajstić information content (AvgIpc) is 2.44. The Hall–Kier alpha value is -0.840. The molecule has 1 N–H and O–H groups in total. The van der Waals surface area contributed by atoms with Crippen molar-refractivity contribution in [1.82, 2.24) is 0 Å². The second kappa shape index (κ2) is 15.1. The van der Waals surface area contributed by atoms with Crippen LogP contribution in [-0.2, 0) is 15.5 Å². The normalized spacial score (nSPS) is 13.0. The van der Waals surface area contributed by atoms with Crippen LogP contribution >= 0.6 is 0 Å². The van der Waals surface area contributed by atoms with Crippen LogP contribution in [0.1, 0.15) is 77.6 Å². The molecule has 0 radical (unpaired) electrons. The zero-order valence-corrected chi connectivity index (χ0v) is 14.7. The Morgan fingerprint density at radius 2 is 1.73 bits per heavy atom. The summed E-state index contributed by atoms with van der Waals surface area (Å²) in [5, 5.41) is 8.53. The maximum atomic E-state index is 10.9. The summed E-state index contributed by atoms with van der Waals surface area (Å²) >= 11 is 0. The lowest BCUT2D eigenvalue weighted by molar-refractivity contribution is -0.137. The number of hydrogen-bond donors (Lipinski definition) is 2. The van der Waals surface area contributed by atoms with Crippen LogP contribution < -0.4 is 0 Å². The van der Waals surface area contributed by atoms with Crippen LogP contribution in [0.25, 0.3) is 0 Å². The zero-order chi connectivity index (χ0) is 16.6. The number of carboxylic acids is 1. The van der Waals surface area contributed by atoms with Gasteiger partial charge in [-0.2, -0.15) is 0 Å². The van der Waals surface area contributed by atoms with Gasteiger partial charge < -0.3 is 5.11 Å². The van der Waals surface area contributed by atoms with E-state index in [9.17, 15) is 13.2 Å². The van der Waals surface area contributed by atoms with E-state index in [1.54, 1.807) is 0 Å². The fourth-order valence-electron chi connectivity index (χ4n) is 2.45. The third kappa shape index (κ3) is 15.5. The van der Waals surface area contributed by atoms with Crippen LogP contribution in [0.3, 0.4) is 0 Å². The van der Waals surface area contributed by atoms with Gasteiger partial charge in [-0.1, -0.05) is 57.6 Å². The van der Waals surface area contributed by atoms with E-state index in [0.717, 1.165) is 64.2 Å². The Balaban J connectivity index is 3.72. The maximum Gasteiger partial charge on any atom is 0.303 e. The molecule has 0 spiro atoms. The first kappa shape index (κ1) is 21.2. The number of aliphatic carboxylic acids is 1. The quantitative estimate of drug-likeness (QED) is 0.268. The number of unbranched alkanes of at least 4 members (excludes halogenated alkanes) is 7. The van der Waals surface area contributed by atoms with Gasteiger partial charge >= 0.3 is 5.97 Å². The molecule has 1 atom stereocenters. The van der Waals surface area contributed by atoms with Crippen LogP contribution in [-0.4, -0.2) is 25.2 Å². The van der Waals surface area contributed by atoms with Gasteiger partial charge in [-0.3, -0.25) is 4.79 Å². The molecule has 0 saturated carbocycles. The lowest BCUT2D eigenvalue weighted by Gasteiger charge is -2.08. The first-order valence-corrected chi connectivity index (χ1v) is 9.92. The highest BCUT2D eigenvalue weighted by molar-refractivity contribution is 7.72. The molecule has 130 valence electrons. The Morgan fingerprint density at radius 3 is 2.36 bits per heavy atom. The summed E-state index contributed by atoms with van der Waals surface area (Å²) in [5.41, 5.74) is 0. The molecule has 0 rings (SSSR count). The van der Waals surface area contributed by atoms with E-state index in [0.29, 0.717) is 0 Å². The molecule has 0 aromatic rings. The lowest BCUT2D eigenvalue weighted by Crippen LogP contribution is -2.04. The van der Waals surface area contributed by atoms with Gasteiger partial charge in [-0.15, -0.1) is 0 Å². The molecule has 0 saturated heterocycles. The van der Waals surface area contributed by atoms with Crippen molar-refractivity contribution >= 4 is 16.7 Å². The van der Waals surface area contributed by atoms with E-state index in [2.05, 4.69) is 19.1 Å². The van der Waals surface area contributed by atoms with E-state index < -0.39 is 16.7 Å². The minimum absolute atomic E-state index is 0.170. The maximum absolute atomic E-state index is 10.9. The van der Waals surface area contributed by atoms with E-state index in [4.69, 9.17) is 5.11 Å². The minimum atomic E-state index is -2.30. The lowest BCUT2D eigenvalue weighted by atomic mass is 10.0. The third-order valence-electron chi connectivity index (χ3n) is 3.73. The number of carboxylic acid groups (broad SMARTS) is 1. The monoisotopic (exact) mass is 332 g/mol. The number of rotatable bonds is 15. The molecule has 0 aliphatic rings. The number of carbonyl (C=O) groups is 1. The summed E-state index contributed by atoms with van der Waals surface area (Å²) in [6, 6.07) is 0. The molecule has 5 heteroatoms. The van der Waals surface area contributed by atoms with Crippen LogP contribution in [0, 0.1) is 5.92 Å². The molecule has 4 nitrogen and oxygen atoms in total. The van der Waals surface area contributed by atoms with Crippen molar-refractivity contribution in [1.29, 1.82) is 0 Å². The molecule has 0 aliphatic heterocycles. The first-order valence-electron chi connectivity index (χ1n) is 8.56. The van der Waals surface area contributed by atoms with Gasteiger partial charge in [0.2, 0.25) is 0 Å². The zero-order valence-electron chi connectivity index (χ0n) is 13.8. The van der Waals surface area contributed by atoms with Crippen molar-refractivity contribution in [3.05, 3.63) is 12.2 Å². The SMILES string of the molecule is CCCCCC(/C=C/CCCCCCCC(=O)O)C[SH](=O)=O. The molecule has 0 heterocycles. The van der Waals surface area contributed by atoms with Crippen molar-refractivity contribution in [3.63, 3.8) is 0 Å². The Bertz CT molecular complexity index is 367. The van der Waals surface area contributed by atoms with Crippen molar-refractivity contribution in [2.45, 2.75) is 77.6 Å². The van der Waals surface area contributed by atoms with Crippen molar-refractivity contribution < 1.29 is 18.3 Å². The summed E-state index contributed by atoms with van der Waals surface area (Å²) in [6.45, 7) is 2.15. The third-order valence-corrected chi connectivity index (χ3v) is 4.50.